The molecule has 2 aromatic carbocycles. The summed E-state index contributed by atoms with van der Waals surface area (Å²) in [6.07, 6.45) is 1.45. The molecule has 2 N–H and O–H groups in total. The Hall–Kier alpha value is -3.01. The molecule has 21 heavy (non-hydrogen) atoms. The second kappa shape index (κ2) is 5.54. The number of carbonyl (C=O) groups is 1. The molecule has 0 spiro atoms. The molecular weight excluding hydrogens is 264 g/mol. The molecule has 104 valence electrons. The number of hydrogen-bond donors (Lipinski definition) is 2. The van der Waals surface area contributed by atoms with Gasteiger partial charge < -0.3 is 4.42 Å². The fourth-order valence-electron chi connectivity index (χ4n) is 2.05. The molecule has 3 aromatic rings. The molecule has 0 radical (unpaired) electrons. The van der Waals surface area contributed by atoms with Crippen molar-refractivity contribution in [3.05, 3.63) is 78.8 Å². The van der Waals surface area contributed by atoms with Gasteiger partial charge in [-0.1, -0.05) is 43.0 Å². The van der Waals surface area contributed by atoms with Crippen molar-refractivity contribution in [1.29, 1.82) is 0 Å². The molecule has 3 rings (SSSR count). The summed E-state index contributed by atoms with van der Waals surface area (Å²) in [4.78, 5) is 11.7. The Morgan fingerprint density at radius 3 is 2.52 bits per heavy atom. The largest absolute Gasteiger partial charge is 0.459 e. The van der Waals surface area contributed by atoms with Crippen LogP contribution in [-0.4, -0.2) is 5.91 Å². The Balaban J connectivity index is 1.70. The van der Waals surface area contributed by atoms with Gasteiger partial charge in [0.2, 0.25) is 0 Å². The molecule has 4 nitrogen and oxygen atoms in total. The van der Waals surface area contributed by atoms with Crippen molar-refractivity contribution in [2.45, 2.75) is 0 Å². The molecule has 1 heterocycles. The van der Waals surface area contributed by atoms with Gasteiger partial charge in [0.05, 0.1) is 12.0 Å². The van der Waals surface area contributed by atoms with Crippen molar-refractivity contribution in [3.8, 4) is 0 Å². The van der Waals surface area contributed by atoms with Gasteiger partial charge in [-0.15, -0.1) is 0 Å². The van der Waals surface area contributed by atoms with E-state index in [9.17, 15) is 4.79 Å². The Kier molecular flexibility index (Phi) is 3.43. The van der Waals surface area contributed by atoms with Crippen LogP contribution in [0.5, 0.6) is 0 Å². The Labute approximate surface area is 122 Å². The fraction of sp³-hybridized carbons (Fsp3) is 0. The van der Waals surface area contributed by atoms with Crippen molar-refractivity contribution in [2.24, 2.45) is 0 Å². The second-order valence-corrected chi connectivity index (χ2v) is 4.60. The van der Waals surface area contributed by atoms with Crippen molar-refractivity contribution >= 4 is 22.4 Å². The molecule has 1 aromatic heterocycles. The third-order valence-electron chi connectivity index (χ3n) is 3.17. The zero-order valence-corrected chi connectivity index (χ0v) is 11.3. The summed E-state index contributed by atoms with van der Waals surface area (Å²) in [6.45, 7) is 3.93. The van der Waals surface area contributed by atoms with Gasteiger partial charge in [0.1, 0.15) is 0 Å². The van der Waals surface area contributed by atoms with Gasteiger partial charge in [-0.25, -0.2) is 0 Å². The number of furan rings is 1. The molecule has 4 heteroatoms. The number of carbonyl (C=O) groups excluding carboxylic acids is 1. The number of benzene rings is 2. The van der Waals surface area contributed by atoms with Crippen LogP contribution in [0.25, 0.3) is 16.5 Å². The molecule has 0 saturated carbocycles. The average Bonchev–Trinajstić information content (AvgIpc) is 3.06. The third kappa shape index (κ3) is 2.79. The number of amides is 1. The van der Waals surface area contributed by atoms with Crippen LogP contribution in [0, 0.1) is 0 Å². The SMILES string of the molecule is C=C(NNC(=O)c1ccco1)c1ccc2ccccc2c1. The maximum Gasteiger partial charge on any atom is 0.305 e. The Morgan fingerprint density at radius 1 is 0.952 bits per heavy atom. The van der Waals surface area contributed by atoms with E-state index in [1.54, 1.807) is 12.1 Å². The number of hydrogen-bond acceptors (Lipinski definition) is 3. The van der Waals surface area contributed by atoms with Crippen LogP contribution in [0.2, 0.25) is 0 Å². The highest BCUT2D eigenvalue weighted by Gasteiger charge is 2.08. The minimum Gasteiger partial charge on any atom is -0.459 e. The molecule has 0 bridgehead atoms. The normalized spacial score (nSPS) is 10.3. The lowest BCUT2D eigenvalue weighted by Gasteiger charge is -2.11. The van der Waals surface area contributed by atoms with Crippen LogP contribution in [0.15, 0.2) is 71.9 Å². The van der Waals surface area contributed by atoms with E-state index in [1.807, 2.05) is 42.5 Å². The van der Waals surface area contributed by atoms with Crippen LogP contribution in [-0.2, 0) is 0 Å². The summed E-state index contributed by atoms with van der Waals surface area (Å²) in [7, 11) is 0. The van der Waals surface area contributed by atoms with Crippen LogP contribution in [0.4, 0.5) is 0 Å². The predicted molar refractivity (Wildman–Crippen MR) is 82.3 cm³/mol. The van der Waals surface area contributed by atoms with E-state index in [0.717, 1.165) is 16.3 Å². The molecule has 1 amide bonds. The minimum atomic E-state index is -0.345. The lowest BCUT2D eigenvalue weighted by atomic mass is 10.1. The lowest BCUT2D eigenvalue weighted by molar-refractivity contribution is 0.0914. The highest BCUT2D eigenvalue weighted by atomic mass is 16.3. The molecule has 0 aliphatic carbocycles. The lowest BCUT2D eigenvalue weighted by Crippen LogP contribution is -2.35. The predicted octanol–water partition coefficient (Wildman–Crippen LogP) is 3.34. The maximum atomic E-state index is 11.7. The highest BCUT2D eigenvalue weighted by molar-refractivity contribution is 5.92. The van der Waals surface area contributed by atoms with Gasteiger partial charge in [-0.05, 0) is 34.5 Å². The monoisotopic (exact) mass is 278 g/mol. The number of nitrogens with one attached hydrogen (secondary N) is 2. The van der Waals surface area contributed by atoms with Gasteiger partial charge in [0.15, 0.2) is 5.76 Å². The van der Waals surface area contributed by atoms with Gasteiger partial charge in [0, 0.05) is 0 Å². The summed E-state index contributed by atoms with van der Waals surface area (Å²) in [6, 6.07) is 17.3. The summed E-state index contributed by atoms with van der Waals surface area (Å²) in [5, 5.41) is 2.28. The molecule has 0 atom stereocenters. The zero-order chi connectivity index (χ0) is 14.7. The van der Waals surface area contributed by atoms with Gasteiger partial charge in [-0.2, -0.15) is 0 Å². The van der Waals surface area contributed by atoms with Gasteiger partial charge >= 0.3 is 5.91 Å². The molecule has 0 fully saturated rings. The van der Waals surface area contributed by atoms with E-state index in [-0.39, 0.29) is 11.7 Å². The van der Waals surface area contributed by atoms with Crippen LogP contribution >= 0.6 is 0 Å². The number of hydrazine groups is 1. The molecule has 0 saturated heterocycles. The summed E-state index contributed by atoms with van der Waals surface area (Å²) in [5.74, 6) is -0.101. The standard InChI is InChI=1S/C17H14N2O2/c1-12(18-19-17(20)16-7-4-10-21-16)14-9-8-13-5-2-3-6-15(13)11-14/h2-11,18H,1H2,(H,19,20). The van der Waals surface area contributed by atoms with Crippen molar-refractivity contribution < 1.29 is 9.21 Å². The number of fused-ring (bicyclic) bond motifs is 1. The van der Waals surface area contributed by atoms with E-state index in [0.29, 0.717) is 5.70 Å². The molecule has 0 unspecified atom stereocenters. The maximum absolute atomic E-state index is 11.7. The second-order valence-electron chi connectivity index (χ2n) is 4.60. The van der Waals surface area contributed by atoms with E-state index in [1.165, 1.54) is 6.26 Å². The first-order chi connectivity index (χ1) is 10.2. The Bertz CT molecular complexity index is 791. The topological polar surface area (TPSA) is 54.3 Å². The zero-order valence-electron chi connectivity index (χ0n) is 11.3. The first-order valence-electron chi connectivity index (χ1n) is 6.52. The van der Waals surface area contributed by atoms with E-state index < -0.39 is 0 Å². The van der Waals surface area contributed by atoms with Crippen molar-refractivity contribution in [1.82, 2.24) is 10.9 Å². The fourth-order valence-corrected chi connectivity index (χ4v) is 2.05. The first-order valence-corrected chi connectivity index (χ1v) is 6.52. The smallest absolute Gasteiger partial charge is 0.305 e. The summed E-state index contributed by atoms with van der Waals surface area (Å²) in [5.41, 5.74) is 6.87. The molecule has 0 aliphatic rings. The molecular formula is C17H14N2O2. The van der Waals surface area contributed by atoms with E-state index in [4.69, 9.17) is 4.42 Å². The third-order valence-corrected chi connectivity index (χ3v) is 3.17. The van der Waals surface area contributed by atoms with Gasteiger partial charge in [0.25, 0.3) is 0 Å². The highest BCUT2D eigenvalue weighted by Crippen LogP contribution is 2.18. The van der Waals surface area contributed by atoms with E-state index >= 15 is 0 Å². The van der Waals surface area contributed by atoms with E-state index in [2.05, 4.69) is 17.4 Å². The molecule has 0 aliphatic heterocycles. The number of rotatable bonds is 4. The van der Waals surface area contributed by atoms with Crippen LogP contribution in [0.3, 0.4) is 0 Å². The first kappa shape index (κ1) is 13.0. The quantitative estimate of drug-likeness (QED) is 0.720. The van der Waals surface area contributed by atoms with Crippen molar-refractivity contribution in [2.75, 3.05) is 0 Å². The van der Waals surface area contributed by atoms with Crippen LogP contribution in [0.1, 0.15) is 16.1 Å². The van der Waals surface area contributed by atoms with Crippen molar-refractivity contribution in [3.63, 3.8) is 0 Å². The minimum absolute atomic E-state index is 0.244. The average molecular weight is 278 g/mol. The summed E-state index contributed by atoms with van der Waals surface area (Å²) >= 11 is 0. The summed E-state index contributed by atoms with van der Waals surface area (Å²) < 4.78 is 5.01. The Morgan fingerprint density at radius 2 is 1.76 bits per heavy atom. The van der Waals surface area contributed by atoms with Gasteiger partial charge in [-0.3, -0.25) is 15.6 Å². The van der Waals surface area contributed by atoms with Crippen LogP contribution < -0.4 is 10.9 Å².